The van der Waals surface area contributed by atoms with E-state index in [9.17, 15) is 14.4 Å². The number of carbonyl (C=O) groups excluding carboxylic acids is 3. The fourth-order valence-electron chi connectivity index (χ4n) is 0.425. The maximum absolute atomic E-state index is 10.3. The Kier molecular flexibility index (Phi) is 2.84. The second-order valence-corrected chi connectivity index (χ2v) is 1.75. The van der Waals surface area contributed by atoms with Gasteiger partial charge in [0.05, 0.1) is 0 Å². The number of nitrogens with one attached hydrogen (secondary N) is 1. The fourth-order valence-corrected chi connectivity index (χ4v) is 0.425. The van der Waals surface area contributed by atoms with Gasteiger partial charge >= 0.3 is 6.03 Å². The molecule has 0 fully saturated rings. The van der Waals surface area contributed by atoms with Crippen molar-refractivity contribution in [3.05, 3.63) is 0 Å². The van der Waals surface area contributed by atoms with Gasteiger partial charge in [-0.1, -0.05) is 0 Å². The van der Waals surface area contributed by atoms with Gasteiger partial charge in [0.25, 0.3) is 0 Å². The highest BCUT2D eigenvalue weighted by Crippen LogP contribution is 1.78. The van der Waals surface area contributed by atoms with Gasteiger partial charge in [0.2, 0.25) is 11.8 Å². The Balaban J connectivity index is 4.23. The largest absolute Gasteiger partial charge is 0.367 e. The van der Waals surface area contributed by atoms with Gasteiger partial charge in [0, 0.05) is 0 Å². The van der Waals surface area contributed by atoms with Crippen LogP contribution in [0.25, 0.3) is 0 Å². The van der Waals surface area contributed by atoms with Crippen molar-refractivity contribution in [3.63, 3.8) is 0 Å². The summed E-state index contributed by atoms with van der Waals surface area (Å²) in [6, 6.07) is -2.57. The van der Waals surface area contributed by atoms with Gasteiger partial charge in [-0.3, -0.25) is 9.59 Å². The zero-order valence-electron chi connectivity index (χ0n) is 5.53. The summed E-state index contributed by atoms with van der Waals surface area (Å²) in [6.45, 7) is 0. The van der Waals surface area contributed by atoms with Crippen LogP contribution in [-0.4, -0.2) is 23.9 Å². The molecule has 0 radical (unpaired) electrons. The lowest BCUT2D eigenvalue weighted by molar-refractivity contribution is -0.128. The number of hydrogen-bond acceptors (Lipinski definition) is 3. The molecule has 0 saturated carbocycles. The van der Waals surface area contributed by atoms with Gasteiger partial charge in [0.1, 0.15) is 0 Å². The summed E-state index contributed by atoms with van der Waals surface area (Å²) >= 11 is 0. The lowest BCUT2D eigenvalue weighted by Crippen LogP contribution is -2.53. The monoisotopic (exact) mass is 160 g/mol. The molecule has 0 heterocycles. The molecule has 0 aromatic carbocycles. The number of primary amides is 3. The maximum atomic E-state index is 10.3. The van der Waals surface area contributed by atoms with Gasteiger partial charge in [0.15, 0.2) is 6.04 Å². The number of nitrogens with two attached hydrogens (primary N) is 3. The van der Waals surface area contributed by atoms with Crippen LogP contribution in [0.15, 0.2) is 0 Å². The molecule has 7 heteroatoms. The Bertz CT molecular complexity index is 188. The summed E-state index contributed by atoms with van der Waals surface area (Å²) in [4.78, 5) is 30.8. The predicted molar refractivity (Wildman–Crippen MR) is 34.9 cm³/mol. The molecular weight excluding hydrogens is 152 g/mol. The third-order valence-electron chi connectivity index (χ3n) is 0.856. The van der Waals surface area contributed by atoms with E-state index >= 15 is 0 Å². The fraction of sp³-hybridized carbons (Fsp3) is 0.250. The van der Waals surface area contributed by atoms with Gasteiger partial charge in [-0.05, 0) is 0 Å². The van der Waals surface area contributed by atoms with E-state index in [2.05, 4.69) is 17.2 Å². The van der Waals surface area contributed by atoms with Crippen LogP contribution in [0.3, 0.4) is 0 Å². The zero-order chi connectivity index (χ0) is 9.02. The average Bonchev–Trinajstić information content (AvgIpc) is 1.81. The van der Waals surface area contributed by atoms with Crippen molar-refractivity contribution in [2.75, 3.05) is 0 Å². The molecule has 0 aliphatic heterocycles. The molecule has 7 nitrogen and oxygen atoms in total. The molecule has 0 aliphatic rings. The summed E-state index contributed by atoms with van der Waals surface area (Å²) in [6.07, 6.45) is 0. The van der Waals surface area contributed by atoms with E-state index in [0.717, 1.165) is 0 Å². The average molecular weight is 160 g/mol. The van der Waals surface area contributed by atoms with E-state index in [4.69, 9.17) is 0 Å². The molecule has 0 unspecified atom stereocenters. The summed E-state index contributed by atoms with van der Waals surface area (Å²) < 4.78 is 0. The quantitative estimate of drug-likeness (QED) is 0.326. The van der Waals surface area contributed by atoms with Gasteiger partial charge in [-0.2, -0.15) is 0 Å². The molecule has 0 spiro atoms. The van der Waals surface area contributed by atoms with Gasteiger partial charge < -0.3 is 22.5 Å². The molecule has 0 aromatic heterocycles. The first-order valence-electron chi connectivity index (χ1n) is 2.59. The van der Waals surface area contributed by atoms with Crippen molar-refractivity contribution in [1.82, 2.24) is 5.32 Å². The van der Waals surface area contributed by atoms with Crippen LogP contribution in [0, 0.1) is 0 Å². The predicted octanol–water partition coefficient (Wildman–Crippen LogP) is -3.01. The number of amides is 4. The van der Waals surface area contributed by atoms with E-state index in [0.29, 0.717) is 0 Å². The molecule has 0 aliphatic carbocycles. The molecule has 11 heavy (non-hydrogen) atoms. The summed E-state index contributed by atoms with van der Waals surface area (Å²) in [5.74, 6) is -2.09. The van der Waals surface area contributed by atoms with Crippen molar-refractivity contribution < 1.29 is 14.4 Å². The van der Waals surface area contributed by atoms with Crippen molar-refractivity contribution in [3.8, 4) is 0 Å². The van der Waals surface area contributed by atoms with Crippen LogP contribution >= 0.6 is 0 Å². The number of hydrogen-bond donors (Lipinski definition) is 4. The summed E-state index contributed by atoms with van der Waals surface area (Å²) in [5.41, 5.74) is 14.0. The lowest BCUT2D eigenvalue weighted by Gasteiger charge is -2.08. The Hall–Kier alpha value is -1.79. The highest BCUT2D eigenvalue weighted by Gasteiger charge is 2.22. The Morgan fingerprint density at radius 3 is 1.45 bits per heavy atom. The maximum Gasteiger partial charge on any atom is 0.313 e. The Morgan fingerprint density at radius 1 is 1.00 bits per heavy atom. The van der Waals surface area contributed by atoms with Crippen LogP contribution < -0.4 is 22.5 Å². The summed E-state index contributed by atoms with van der Waals surface area (Å²) in [7, 11) is 0. The second kappa shape index (κ2) is 3.40. The van der Waals surface area contributed by atoms with Gasteiger partial charge in [-0.25, -0.2) is 4.79 Å². The third kappa shape index (κ3) is 3.04. The highest BCUT2D eigenvalue weighted by molar-refractivity contribution is 6.05. The Labute approximate surface area is 61.9 Å². The SMILES string of the molecule is NC(=O)NC(C(N)=O)C(N)=O. The van der Waals surface area contributed by atoms with Crippen LogP contribution in [0.2, 0.25) is 0 Å². The van der Waals surface area contributed by atoms with Crippen LogP contribution in [0.5, 0.6) is 0 Å². The zero-order valence-corrected chi connectivity index (χ0v) is 5.53. The van der Waals surface area contributed by atoms with Crippen LogP contribution in [0.4, 0.5) is 4.79 Å². The lowest BCUT2D eigenvalue weighted by atomic mass is 10.3. The summed E-state index contributed by atoms with van der Waals surface area (Å²) in [5, 5.41) is 1.77. The van der Waals surface area contributed by atoms with Crippen LogP contribution in [0.1, 0.15) is 0 Å². The van der Waals surface area contributed by atoms with Crippen LogP contribution in [-0.2, 0) is 9.59 Å². The minimum atomic E-state index is -1.53. The number of carbonyl (C=O) groups is 3. The van der Waals surface area contributed by atoms with E-state index in [-0.39, 0.29) is 0 Å². The second-order valence-electron chi connectivity index (χ2n) is 1.75. The van der Waals surface area contributed by atoms with E-state index < -0.39 is 23.9 Å². The van der Waals surface area contributed by atoms with Crippen molar-refractivity contribution in [1.29, 1.82) is 0 Å². The molecule has 0 saturated heterocycles. The normalized spacial score (nSPS) is 9.18. The van der Waals surface area contributed by atoms with Gasteiger partial charge in [-0.15, -0.1) is 0 Å². The van der Waals surface area contributed by atoms with E-state index in [1.165, 1.54) is 0 Å². The minimum Gasteiger partial charge on any atom is -0.367 e. The van der Waals surface area contributed by atoms with E-state index in [1.54, 1.807) is 5.32 Å². The molecule has 62 valence electrons. The molecule has 7 N–H and O–H groups in total. The standard InChI is InChI=1S/C4H8N4O3/c5-2(9)1(3(6)10)8-4(7)11/h1H,(H2,5,9)(H2,6,10)(H3,7,8,11). The first-order valence-corrected chi connectivity index (χ1v) is 2.59. The molecule has 0 bridgehead atoms. The molecule has 0 atom stereocenters. The third-order valence-corrected chi connectivity index (χ3v) is 0.856. The van der Waals surface area contributed by atoms with Crippen molar-refractivity contribution in [2.24, 2.45) is 17.2 Å². The molecule has 0 rings (SSSR count). The Morgan fingerprint density at radius 2 is 1.36 bits per heavy atom. The smallest absolute Gasteiger partial charge is 0.313 e. The molecular formula is C4H8N4O3. The van der Waals surface area contributed by atoms with Crippen molar-refractivity contribution >= 4 is 17.8 Å². The number of rotatable bonds is 3. The molecule has 4 amide bonds. The minimum absolute atomic E-state index is 1.03. The topological polar surface area (TPSA) is 141 Å². The number of urea groups is 1. The van der Waals surface area contributed by atoms with Crippen molar-refractivity contribution in [2.45, 2.75) is 6.04 Å². The first-order chi connectivity index (χ1) is 4.95. The molecule has 0 aromatic rings. The van der Waals surface area contributed by atoms with E-state index in [1.807, 2.05) is 0 Å². The first kappa shape index (κ1) is 9.21. The highest BCUT2D eigenvalue weighted by atomic mass is 16.2.